The highest BCUT2D eigenvalue weighted by Gasteiger charge is 2.20. The molecule has 0 unspecified atom stereocenters. The Morgan fingerprint density at radius 1 is 1.23 bits per heavy atom. The van der Waals surface area contributed by atoms with Crippen LogP contribution >= 0.6 is 22.9 Å². The Morgan fingerprint density at radius 3 is 2.60 bits per heavy atom. The molecule has 1 N–H and O–H groups in total. The Labute approximate surface area is 183 Å². The molecule has 30 heavy (non-hydrogen) atoms. The number of hydrogen-bond donors (Lipinski definition) is 1. The largest absolute Gasteiger partial charge is 0.493 e. The number of ether oxygens (including phenoxy) is 3. The molecule has 1 aromatic carbocycles. The lowest BCUT2D eigenvalue weighted by Crippen LogP contribution is -2.12. The summed E-state index contributed by atoms with van der Waals surface area (Å²) in [6, 6.07) is 3.60. The molecule has 2 heterocycles. The van der Waals surface area contributed by atoms with E-state index in [9.17, 15) is 4.79 Å². The van der Waals surface area contributed by atoms with E-state index in [-0.39, 0.29) is 5.56 Å². The van der Waals surface area contributed by atoms with Crippen LogP contribution in [0.15, 0.2) is 16.9 Å². The molecule has 2 aromatic heterocycles. The summed E-state index contributed by atoms with van der Waals surface area (Å²) >= 11 is 8.15. The quantitative estimate of drug-likeness (QED) is 0.575. The first-order chi connectivity index (χ1) is 14.5. The van der Waals surface area contributed by atoms with Gasteiger partial charge in [0.15, 0.2) is 17.3 Å². The van der Waals surface area contributed by atoms with Crippen LogP contribution in [0.3, 0.4) is 0 Å². The summed E-state index contributed by atoms with van der Waals surface area (Å²) in [5, 5.41) is 1.04. The fraction of sp³-hybridized carbons (Fsp3) is 0.364. The van der Waals surface area contributed by atoms with Crippen LogP contribution in [0.4, 0.5) is 0 Å². The Bertz CT molecular complexity index is 1160. The van der Waals surface area contributed by atoms with Gasteiger partial charge in [-0.15, -0.1) is 11.3 Å². The standard InChI is InChI=1S/C22H23ClN2O4S/c1-4-29-19-15(27-2)10-12(11-16(19)28-3)9-14(23)20-24-21(26)18-13-7-5-6-8-17(13)30-22(18)25-20/h9-11H,4-8H2,1-3H3,(H,24,25,26)/b14-9-. The van der Waals surface area contributed by atoms with Crippen LogP contribution in [0.5, 0.6) is 17.2 Å². The van der Waals surface area contributed by atoms with Gasteiger partial charge >= 0.3 is 0 Å². The van der Waals surface area contributed by atoms with Crippen molar-refractivity contribution in [3.63, 3.8) is 0 Å². The molecule has 0 fully saturated rings. The minimum absolute atomic E-state index is 0.136. The molecular weight excluding hydrogens is 424 g/mol. The number of nitrogens with one attached hydrogen (secondary N) is 1. The van der Waals surface area contributed by atoms with E-state index in [0.717, 1.165) is 41.6 Å². The van der Waals surface area contributed by atoms with E-state index in [2.05, 4.69) is 9.97 Å². The Kier molecular flexibility index (Phi) is 6.01. The van der Waals surface area contributed by atoms with Crippen LogP contribution in [0.2, 0.25) is 0 Å². The van der Waals surface area contributed by atoms with E-state index >= 15 is 0 Å². The predicted octanol–water partition coefficient (Wildman–Crippen LogP) is 5.02. The van der Waals surface area contributed by atoms with E-state index in [1.807, 2.05) is 6.92 Å². The number of methoxy groups -OCH3 is 2. The van der Waals surface area contributed by atoms with Gasteiger partial charge in [-0.2, -0.15) is 0 Å². The van der Waals surface area contributed by atoms with Crippen molar-refractivity contribution in [2.24, 2.45) is 0 Å². The number of H-pyrrole nitrogens is 1. The molecule has 0 spiro atoms. The monoisotopic (exact) mass is 446 g/mol. The lowest BCUT2D eigenvalue weighted by molar-refractivity contribution is 0.288. The second-order valence-corrected chi connectivity index (χ2v) is 8.48. The number of nitrogens with zero attached hydrogens (tertiary/aromatic N) is 1. The SMILES string of the molecule is CCOc1c(OC)cc(/C=C(\Cl)c2nc3sc4c(c3c(=O)[nH]2)CCCC4)cc1OC. The summed E-state index contributed by atoms with van der Waals surface area (Å²) in [4.78, 5) is 22.3. The fourth-order valence-electron chi connectivity index (χ4n) is 3.76. The van der Waals surface area contributed by atoms with Crippen molar-refractivity contribution in [2.45, 2.75) is 32.6 Å². The summed E-state index contributed by atoms with van der Waals surface area (Å²) < 4.78 is 16.5. The summed E-state index contributed by atoms with van der Waals surface area (Å²) in [6.07, 6.45) is 5.95. The number of halogens is 1. The molecule has 8 heteroatoms. The van der Waals surface area contributed by atoms with Gasteiger partial charge in [0.25, 0.3) is 5.56 Å². The van der Waals surface area contributed by atoms with Gasteiger partial charge in [-0.05, 0) is 61.9 Å². The molecule has 0 bridgehead atoms. The number of aromatic amines is 1. The van der Waals surface area contributed by atoms with Crippen molar-refractivity contribution in [2.75, 3.05) is 20.8 Å². The molecule has 0 atom stereocenters. The first kappa shape index (κ1) is 20.8. The molecule has 0 saturated heterocycles. The fourth-order valence-corrected chi connectivity index (χ4v) is 5.24. The molecule has 0 amide bonds. The molecular formula is C22H23ClN2O4S. The van der Waals surface area contributed by atoms with Crippen molar-refractivity contribution in [1.29, 1.82) is 0 Å². The van der Waals surface area contributed by atoms with Gasteiger partial charge in [0.2, 0.25) is 5.75 Å². The van der Waals surface area contributed by atoms with Crippen LogP contribution in [-0.2, 0) is 12.8 Å². The maximum atomic E-state index is 12.8. The number of hydrogen-bond acceptors (Lipinski definition) is 6. The Balaban J connectivity index is 1.76. The maximum absolute atomic E-state index is 12.8. The number of aromatic nitrogens is 2. The number of benzene rings is 1. The van der Waals surface area contributed by atoms with Crippen molar-refractivity contribution in [1.82, 2.24) is 9.97 Å². The van der Waals surface area contributed by atoms with Gasteiger partial charge in [-0.3, -0.25) is 4.79 Å². The minimum atomic E-state index is -0.136. The first-order valence-electron chi connectivity index (χ1n) is 9.86. The molecule has 1 aliphatic rings. The van der Waals surface area contributed by atoms with Gasteiger partial charge < -0.3 is 19.2 Å². The van der Waals surface area contributed by atoms with Gasteiger partial charge in [-0.1, -0.05) is 11.6 Å². The summed E-state index contributed by atoms with van der Waals surface area (Å²) in [7, 11) is 3.13. The topological polar surface area (TPSA) is 73.4 Å². The number of thiophene rings is 1. The van der Waals surface area contributed by atoms with E-state index < -0.39 is 0 Å². The van der Waals surface area contributed by atoms with Crippen LogP contribution in [-0.4, -0.2) is 30.8 Å². The van der Waals surface area contributed by atoms with Gasteiger partial charge in [0.1, 0.15) is 4.83 Å². The summed E-state index contributed by atoms with van der Waals surface area (Å²) in [6.45, 7) is 2.38. The lowest BCUT2D eigenvalue weighted by Gasteiger charge is -2.14. The van der Waals surface area contributed by atoms with Crippen LogP contribution in [0.1, 0.15) is 41.6 Å². The van der Waals surface area contributed by atoms with Crippen molar-refractivity contribution in [3.8, 4) is 17.2 Å². The number of rotatable bonds is 6. The molecule has 1 aliphatic carbocycles. The van der Waals surface area contributed by atoms with Crippen LogP contribution < -0.4 is 19.8 Å². The van der Waals surface area contributed by atoms with Crippen molar-refractivity contribution in [3.05, 3.63) is 44.3 Å². The zero-order valence-electron chi connectivity index (χ0n) is 17.1. The molecule has 0 radical (unpaired) electrons. The molecule has 6 nitrogen and oxygen atoms in total. The molecule has 4 rings (SSSR count). The third-order valence-corrected chi connectivity index (χ3v) is 6.59. The minimum Gasteiger partial charge on any atom is -0.493 e. The highest BCUT2D eigenvalue weighted by Crippen LogP contribution is 2.40. The Morgan fingerprint density at radius 2 is 1.93 bits per heavy atom. The van der Waals surface area contributed by atoms with E-state index in [0.29, 0.717) is 40.1 Å². The number of fused-ring (bicyclic) bond motifs is 3. The maximum Gasteiger partial charge on any atom is 0.260 e. The summed E-state index contributed by atoms with van der Waals surface area (Å²) in [5.74, 6) is 1.96. The second-order valence-electron chi connectivity index (χ2n) is 6.99. The zero-order valence-corrected chi connectivity index (χ0v) is 18.7. The number of aryl methyl sites for hydroxylation is 2. The van der Waals surface area contributed by atoms with Crippen molar-refractivity contribution >= 4 is 44.3 Å². The highest BCUT2D eigenvalue weighted by atomic mass is 35.5. The Hall–Kier alpha value is -2.51. The average molecular weight is 447 g/mol. The summed E-state index contributed by atoms with van der Waals surface area (Å²) in [5.41, 5.74) is 1.76. The average Bonchev–Trinajstić information content (AvgIpc) is 3.13. The lowest BCUT2D eigenvalue weighted by atomic mass is 9.97. The van der Waals surface area contributed by atoms with Crippen molar-refractivity contribution < 1.29 is 14.2 Å². The molecule has 0 saturated carbocycles. The molecule has 158 valence electrons. The third-order valence-electron chi connectivity index (χ3n) is 5.12. The predicted molar refractivity (Wildman–Crippen MR) is 121 cm³/mol. The highest BCUT2D eigenvalue weighted by molar-refractivity contribution is 7.18. The molecule has 3 aromatic rings. The molecule has 0 aliphatic heterocycles. The van der Waals surface area contributed by atoms with Crippen LogP contribution in [0.25, 0.3) is 21.3 Å². The van der Waals surface area contributed by atoms with E-state index in [4.69, 9.17) is 25.8 Å². The van der Waals surface area contributed by atoms with E-state index in [1.165, 1.54) is 4.88 Å². The normalized spacial score (nSPS) is 13.9. The van der Waals surface area contributed by atoms with Gasteiger partial charge in [0.05, 0.1) is 31.2 Å². The van der Waals surface area contributed by atoms with Gasteiger partial charge in [-0.25, -0.2) is 4.98 Å². The van der Waals surface area contributed by atoms with Crippen LogP contribution in [0, 0.1) is 0 Å². The van der Waals surface area contributed by atoms with E-state index in [1.54, 1.807) is 43.8 Å². The smallest absolute Gasteiger partial charge is 0.260 e. The zero-order chi connectivity index (χ0) is 21.3. The second kappa shape index (κ2) is 8.70. The third kappa shape index (κ3) is 3.79. The van der Waals surface area contributed by atoms with Gasteiger partial charge in [0, 0.05) is 4.88 Å². The first-order valence-corrected chi connectivity index (χ1v) is 11.1.